The van der Waals surface area contributed by atoms with Gasteiger partial charge in [0, 0.05) is 38.3 Å². The largest absolute Gasteiger partial charge is 0.505 e. The number of nitrogens with one attached hydrogen (secondary N) is 1. The minimum absolute atomic E-state index is 0.196. The molecule has 0 bridgehead atoms. The van der Waals surface area contributed by atoms with E-state index in [4.69, 9.17) is 0 Å². The predicted molar refractivity (Wildman–Crippen MR) is 60.9 cm³/mol. The number of hydrogen-bond donors (Lipinski definition) is 2. The van der Waals surface area contributed by atoms with E-state index in [9.17, 15) is 9.50 Å². The highest BCUT2D eigenvalue weighted by atomic mass is 19.1. The van der Waals surface area contributed by atoms with Crippen molar-refractivity contribution in [2.24, 2.45) is 0 Å². The van der Waals surface area contributed by atoms with Gasteiger partial charge in [-0.3, -0.25) is 4.90 Å². The summed E-state index contributed by atoms with van der Waals surface area (Å²) in [6, 6.07) is 3.03. The summed E-state index contributed by atoms with van der Waals surface area (Å²) in [5.74, 6) is -0.728. The Labute approximate surface area is 94.9 Å². The third-order valence-corrected chi connectivity index (χ3v) is 3.06. The third kappa shape index (κ3) is 2.33. The number of piperazine rings is 1. The lowest BCUT2D eigenvalue weighted by molar-refractivity contribution is 0.229. The smallest absolute Gasteiger partial charge is 0.165 e. The average molecular weight is 224 g/mol. The van der Waals surface area contributed by atoms with Gasteiger partial charge in [0.05, 0.1) is 0 Å². The molecule has 0 saturated carbocycles. The molecule has 1 saturated heterocycles. The summed E-state index contributed by atoms with van der Waals surface area (Å²) in [6.07, 6.45) is 0. The molecular formula is C12H17FN2O. The van der Waals surface area contributed by atoms with Crippen LogP contribution in [-0.4, -0.2) is 36.2 Å². The molecular weight excluding hydrogens is 207 g/mol. The topological polar surface area (TPSA) is 35.5 Å². The summed E-state index contributed by atoms with van der Waals surface area (Å²) in [5.41, 5.74) is 1.65. The molecule has 4 heteroatoms. The van der Waals surface area contributed by atoms with Crippen molar-refractivity contribution in [2.45, 2.75) is 13.5 Å². The van der Waals surface area contributed by atoms with E-state index in [0.717, 1.165) is 31.7 Å². The first kappa shape index (κ1) is 11.4. The zero-order chi connectivity index (χ0) is 11.5. The molecule has 2 rings (SSSR count). The highest BCUT2D eigenvalue weighted by molar-refractivity contribution is 5.39. The molecule has 0 aromatic heterocycles. The molecule has 1 aromatic carbocycles. The highest BCUT2D eigenvalue weighted by Crippen LogP contribution is 2.25. The molecule has 16 heavy (non-hydrogen) atoms. The van der Waals surface area contributed by atoms with E-state index in [1.807, 2.05) is 6.92 Å². The van der Waals surface area contributed by atoms with Crippen molar-refractivity contribution >= 4 is 0 Å². The summed E-state index contributed by atoms with van der Waals surface area (Å²) in [7, 11) is 0. The fraction of sp³-hybridized carbons (Fsp3) is 0.500. The third-order valence-electron chi connectivity index (χ3n) is 3.06. The monoisotopic (exact) mass is 224 g/mol. The summed E-state index contributed by atoms with van der Waals surface area (Å²) in [4.78, 5) is 2.22. The summed E-state index contributed by atoms with van der Waals surface area (Å²) in [5, 5.41) is 13.0. The quantitative estimate of drug-likeness (QED) is 0.793. The zero-order valence-corrected chi connectivity index (χ0v) is 9.46. The van der Waals surface area contributed by atoms with Gasteiger partial charge in [0.1, 0.15) is 0 Å². The molecule has 1 heterocycles. The first-order valence-electron chi connectivity index (χ1n) is 5.58. The maximum absolute atomic E-state index is 13.2. The van der Waals surface area contributed by atoms with Crippen LogP contribution in [0.25, 0.3) is 0 Å². The van der Waals surface area contributed by atoms with Gasteiger partial charge >= 0.3 is 0 Å². The Morgan fingerprint density at radius 2 is 2.06 bits per heavy atom. The average Bonchev–Trinajstić information content (AvgIpc) is 2.31. The van der Waals surface area contributed by atoms with Gasteiger partial charge in [0.25, 0.3) is 0 Å². The number of hydrogen-bond acceptors (Lipinski definition) is 3. The number of aromatic hydroxyl groups is 1. The molecule has 0 atom stereocenters. The van der Waals surface area contributed by atoms with Crippen LogP contribution in [0.15, 0.2) is 12.1 Å². The van der Waals surface area contributed by atoms with Gasteiger partial charge in [0.2, 0.25) is 0 Å². The molecule has 1 aliphatic heterocycles. The number of nitrogens with zero attached hydrogens (tertiary/aromatic N) is 1. The lowest BCUT2D eigenvalue weighted by Gasteiger charge is -2.28. The number of phenols is 1. The maximum atomic E-state index is 13.2. The normalized spacial score (nSPS) is 17.6. The van der Waals surface area contributed by atoms with E-state index in [0.29, 0.717) is 12.1 Å². The second-order valence-electron chi connectivity index (χ2n) is 4.22. The van der Waals surface area contributed by atoms with Crippen LogP contribution in [0.5, 0.6) is 5.75 Å². The van der Waals surface area contributed by atoms with Gasteiger partial charge < -0.3 is 10.4 Å². The van der Waals surface area contributed by atoms with Crippen molar-refractivity contribution in [3.63, 3.8) is 0 Å². The van der Waals surface area contributed by atoms with E-state index in [1.165, 1.54) is 6.07 Å². The second kappa shape index (κ2) is 4.80. The number of halogens is 1. The van der Waals surface area contributed by atoms with Crippen LogP contribution in [0, 0.1) is 12.7 Å². The van der Waals surface area contributed by atoms with Crippen molar-refractivity contribution in [2.75, 3.05) is 26.2 Å². The lowest BCUT2D eigenvalue weighted by atomic mass is 10.1. The van der Waals surface area contributed by atoms with Gasteiger partial charge in [-0.1, -0.05) is 6.07 Å². The van der Waals surface area contributed by atoms with Crippen molar-refractivity contribution in [1.29, 1.82) is 0 Å². The number of phenolic OH excluding ortho intramolecular Hbond substituents is 1. The van der Waals surface area contributed by atoms with Gasteiger partial charge in [0.15, 0.2) is 11.6 Å². The van der Waals surface area contributed by atoms with E-state index < -0.39 is 5.82 Å². The van der Waals surface area contributed by atoms with Crippen molar-refractivity contribution < 1.29 is 9.50 Å². The Balaban J connectivity index is 2.16. The lowest BCUT2D eigenvalue weighted by Crippen LogP contribution is -2.43. The zero-order valence-electron chi connectivity index (χ0n) is 9.46. The van der Waals surface area contributed by atoms with Gasteiger partial charge in [-0.25, -0.2) is 4.39 Å². The number of rotatable bonds is 2. The molecule has 88 valence electrons. The second-order valence-corrected chi connectivity index (χ2v) is 4.22. The first-order valence-corrected chi connectivity index (χ1v) is 5.58. The minimum atomic E-state index is -0.532. The van der Waals surface area contributed by atoms with Crippen LogP contribution in [0.4, 0.5) is 4.39 Å². The SMILES string of the molecule is Cc1ccc(F)c(O)c1CN1CCNCC1. The Bertz CT molecular complexity index is 376. The van der Waals surface area contributed by atoms with E-state index in [2.05, 4.69) is 10.2 Å². The number of benzene rings is 1. The standard InChI is InChI=1S/C12H17FN2O/c1-9-2-3-11(13)12(16)10(9)8-15-6-4-14-5-7-15/h2-3,14,16H,4-8H2,1H3. The van der Waals surface area contributed by atoms with Crippen molar-refractivity contribution in [3.8, 4) is 5.75 Å². The molecule has 1 fully saturated rings. The molecule has 1 aromatic rings. The van der Waals surface area contributed by atoms with Crippen LogP contribution in [0.2, 0.25) is 0 Å². The molecule has 0 aliphatic carbocycles. The Hall–Kier alpha value is -1.13. The van der Waals surface area contributed by atoms with Crippen LogP contribution in [0.1, 0.15) is 11.1 Å². The van der Waals surface area contributed by atoms with Gasteiger partial charge in [-0.15, -0.1) is 0 Å². The van der Waals surface area contributed by atoms with E-state index in [1.54, 1.807) is 6.07 Å². The van der Waals surface area contributed by atoms with Gasteiger partial charge in [-0.2, -0.15) is 0 Å². The maximum Gasteiger partial charge on any atom is 0.165 e. The summed E-state index contributed by atoms with van der Waals surface area (Å²) in [6.45, 7) is 6.31. The minimum Gasteiger partial charge on any atom is -0.505 e. The Kier molecular flexibility index (Phi) is 3.41. The molecule has 3 nitrogen and oxygen atoms in total. The molecule has 0 spiro atoms. The summed E-state index contributed by atoms with van der Waals surface area (Å²) >= 11 is 0. The highest BCUT2D eigenvalue weighted by Gasteiger charge is 2.15. The molecule has 1 aliphatic rings. The van der Waals surface area contributed by atoms with Crippen LogP contribution < -0.4 is 5.32 Å². The molecule has 2 N–H and O–H groups in total. The van der Waals surface area contributed by atoms with Crippen LogP contribution in [-0.2, 0) is 6.54 Å². The van der Waals surface area contributed by atoms with Crippen molar-refractivity contribution in [1.82, 2.24) is 10.2 Å². The Morgan fingerprint density at radius 1 is 1.38 bits per heavy atom. The fourth-order valence-electron chi connectivity index (χ4n) is 2.00. The van der Waals surface area contributed by atoms with Gasteiger partial charge in [-0.05, 0) is 18.6 Å². The Morgan fingerprint density at radius 3 is 2.75 bits per heavy atom. The first-order chi connectivity index (χ1) is 7.68. The van der Waals surface area contributed by atoms with E-state index in [-0.39, 0.29) is 5.75 Å². The predicted octanol–water partition coefficient (Wildman–Crippen LogP) is 1.24. The van der Waals surface area contributed by atoms with E-state index >= 15 is 0 Å². The van der Waals surface area contributed by atoms with Crippen molar-refractivity contribution in [3.05, 3.63) is 29.1 Å². The molecule has 0 radical (unpaired) electrons. The van der Waals surface area contributed by atoms with Crippen LogP contribution in [0.3, 0.4) is 0 Å². The molecule has 0 unspecified atom stereocenters. The fourth-order valence-corrected chi connectivity index (χ4v) is 2.00. The van der Waals surface area contributed by atoms with Crippen LogP contribution >= 0.6 is 0 Å². The number of aryl methyl sites for hydroxylation is 1. The molecule has 0 amide bonds. The summed E-state index contributed by atoms with van der Waals surface area (Å²) < 4.78 is 13.2.